The van der Waals surface area contributed by atoms with Crippen molar-refractivity contribution in [3.8, 4) is 6.07 Å². The summed E-state index contributed by atoms with van der Waals surface area (Å²) in [6, 6.07) is 9.11. The lowest BCUT2D eigenvalue weighted by Crippen LogP contribution is -2.42. The van der Waals surface area contributed by atoms with Gasteiger partial charge in [-0.3, -0.25) is 4.79 Å². The van der Waals surface area contributed by atoms with Crippen LogP contribution >= 0.6 is 0 Å². The average Bonchev–Trinajstić information content (AvgIpc) is 2.42. The third-order valence-electron chi connectivity index (χ3n) is 4.13. The van der Waals surface area contributed by atoms with Gasteiger partial charge in [0.15, 0.2) is 0 Å². The quantitative estimate of drug-likeness (QED) is 0.897. The molecule has 0 unspecified atom stereocenters. The van der Waals surface area contributed by atoms with E-state index in [0.29, 0.717) is 18.5 Å². The first-order chi connectivity index (χ1) is 9.10. The summed E-state index contributed by atoms with van der Waals surface area (Å²) in [4.78, 5) is 13.9. The molecule has 1 aromatic rings. The summed E-state index contributed by atoms with van der Waals surface area (Å²) in [5, 5.41) is 8.76. The van der Waals surface area contributed by atoms with Crippen LogP contribution in [0.1, 0.15) is 31.2 Å². The molecule has 0 aliphatic heterocycles. The molecule has 0 bridgehead atoms. The van der Waals surface area contributed by atoms with E-state index < -0.39 is 0 Å². The molecule has 0 saturated heterocycles. The predicted molar refractivity (Wildman–Crippen MR) is 74.5 cm³/mol. The fourth-order valence-corrected chi connectivity index (χ4v) is 2.47. The van der Waals surface area contributed by atoms with Crippen LogP contribution in [0.5, 0.6) is 0 Å². The second-order valence-electron chi connectivity index (χ2n) is 5.35. The van der Waals surface area contributed by atoms with Crippen LogP contribution in [-0.4, -0.2) is 19.5 Å². The number of nitrogens with zero attached hydrogens (tertiary/aromatic N) is 2. The first kappa shape index (κ1) is 13.6. The van der Waals surface area contributed by atoms with Crippen LogP contribution in [0.4, 0.5) is 5.69 Å². The molecular weight excluding hydrogens is 238 g/mol. The molecule has 1 amide bonds. The van der Waals surface area contributed by atoms with Crippen molar-refractivity contribution in [3.05, 3.63) is 29.8 Å². The third kappa shape index (κ3) is 2.77. The fourth-order valence-electron chi connectivity index (χ4n) is 2.47. The van der Waals surface area contributed by atoms with Gasteiger partial charge in [-0.2, -0.15) is 5.26 Å². The highest BCUT2D eigenvalue weighted by molar-refractivity contribution is 5.93. The Labute approximate surface area is 113 Å². The van der Waals surface area contributed by atoms with Crippen molar-refractivity contribution in [1.82, 2.24) is 0 Å². The predicted octanol–water partition coefficient (Wildman–Crippen LogP) is 2.04. The van der Waals surface area contributed by atoms with E-state index in [0.717, 1.165) is 18.5 Å². The van der Waals surface area contributed by atoms with E-state index in [2.05, 4.69) is 6.07 Å². The van der Waals surface area contributed by atoms with Crippen LogP contribution in [-0.2, 0) is 4.79 Å². The van der Waals surface area contributed by atoms with E-state index in [4.69, 9.17) is 11.0 Å². The highest BCUT2D eigenvalue weighted by atomic mass is 16.2. The van der Waals surface area contributed by atoms with Crippen molar-refractivity contribution in [2.75, 3.05) is 18.5 Å². The summed E-state index contributed by atoms with van der Waals surface area (Å²) in [7, 11) is 1.77. The number of nitriles is 1. The molecule has 0 aromatic heterocycles. The van der Waals surface area contributed by atoms with Gasteiger partial charge in [0.1, 0.15) is 0 Å². The molecule has 0 atom stereocenters. The second-order valence-corrected chi connectivity index (χ2v) is 5.35. The van der Waals surface area contributed by atoms with Gasteiger partial charge in [-0.15, -0.1) is 0 Å². The molecular formula is C15H19N3O. The van der Waals surface area contributed by atoms with Gasteiger partial charge in [-0.05, 0) is 49.1 Å². The minimum atomic E-state index is 0.0257. The van der Waals surface area contributed by atoms with Gasteiger partial charge in [0.05, 0.1) is 11.6 Å². The van der Waals surface area contributed by atoms with E-state index >= 15 is 0 Å². The van der Waals surface area contributed by atoms with E-state index in [1.165, 1.54) is 6.42 Å². The van der Waals surface area contributed by atoms with Crippen molar-refractivity contribution in [2.45, 2.75) is 25.7 Å². The number of carbonyl (C=O) groups excluding carboxylic acids is 1. The lowest BCUT2D eigenvalue weighted by molar-refractivity contribution is -0.121. The Bertz CT molecular complexity index is 492. The highest BCUT2D eigenvalue weighted by Gasteiger charge is 2.38. The number of amides is 1. The highest BCUT2D eigenvalue weighted by Crippen LogP contribution is 2.43. The smallest absolute Gasteiger partial charge is 0.227 e. The van der Waals surface area contributed by atoms with E-state index in [1.807, 2.05) is 0 Å². The van der Waals surface area contributed by atoms with Crippen LogP contribution in [0.2, 0.25) is 0 Å². The van der Waals surface area contributed by atoms with Gasteiger partial charge in [0.25, 0.3) is 0 Å². The van der Waals surface area contributed by atoms with Crippen molar-refractivity contribution < 1.29 is 4.79 Å². The molecule has 4 nitrogen and oxygen atoms in total. The SMILES string of the molecule is CN(C(=O)CC1(CN)CCC1)c1ccc(C#N)cc1. The normalized spacial score (nSPS) is 16.3. The van der Waals surface area contributed by atoms with Crippen molar-refractivity contribution in [3.63, 3.8) is 0 Å². The summed E-state index contributed by atoms with van der Waals surface area (Å²) >= 11 is 0. The molecule has 1 saturated carbocycles. The number of nitrogens with two attached hydrogens (primary N) is 1. The standard InChI is InChI=1S/C15H19N3O/c1-18(13-5-3-12(10-16)4-6-13)14(19)9-15(11-17)7-2-8-15/h3-6H,2,7-9,11,17H2,1H3. The minimum absolute atomic E-state index is 0.0257. The maximum atomic E-state index is 12.3. The number of rotatable bonds is 4. The molecule has 1 aliphatic rings. The molecule has 2 N–H and O–H groups in total. The van der Waals surface area contributed by atoms with Crippen molar-refractivity contribution >= 4 is 11.6 Å². The summed E-state index contributed by atoms with van der Waals surface area (Å²) in [5.41, 5.74) is 7.23. The molecule has 1 fully saturated rings. The molecule has 1 aliphatic carbocycles. The number of benzene rings is 1. The van der Waals surface area contributed by atoms with Gasteiger partial charge in [0.2, 0.25) is 5.91 Å². The number of carbonyl (C=O) groups is 1. The lowest BCUT2D eigenvalue weighted by atomic mass is 9.66. The number of hydrogen-bond acceptors (Lipinski definition) is 3. The zero-order valence-electron chi connectivity index (χ0n) is 11.2. The Hall–Kier alpha value is -1.86. The molecule has 0 heterocycles. The largest absolute Gasteiger partial charge is 0.330 e. The number of hydrogen-bond donors (Lipinski definition) is 1. The topological polar surface area (TPSA) is 70.1 Å². The molecule has 4 heteroatoms. The van der Waals surface area contributed by atoms with Gasteiger partial charge in [0, 0.05) is 19.2 Å². The van der Waals surface area contributed by atoms with Crippen LogP contribution in [0, 0.1) is 16.7 Å². The van der Waals surface area contributed by atoms with Gasteiger partial charge in [-0.1, -0.05) is 6.42 Å². The molecule has 100 valence electrons. The Kier molecular flexibility index (Phi) is 3.87. The zero-order chi connectivity index (χ0) is 13.9. The van der Waals surface area contributed by atoms with Crippen LogP contribution in [0.25, 0.3) is 0 Å². The van der Waals surface area contributed by atoms with Crippen molar-refractivity contribution in [1.29, 1.82) is 5.26 Å². The first-order valence-corrected chi connectivity index (χ1v) is 6.57. The van der Waals surface area contributed by atoms with Gasteiger partial charge >= 0.3 is 0 Å². The summed E-state index contributed by atoms with van der Waals surface area (Å²) in [6.45, 7) is 0.583. The Morgan fingerprint density at radius 2 is 2.05 bits per heavy atom. The third-order valence-corrected chi connectivity index (χ3v) is 4.13. The molecule has 1 aromatic carbocycles. The van der Waals surface area contributed by atoms with Gasteiger partial charge < -0.3 is 10.6 Å². The summed E-state index contributed by atoms with van der Waals surface area (Å²) in [5.74, 6) is 0.0925. The molecule has 0 radical (unpaired) electrons. The van der Waals surface area contributed by atoms with Crippen LogP contribution in [0.3, 0.4) is 0 Å². The molecule has 0 spiro atoms. The summed E-state index contributed by atoms with van der Waals surface area (Å²) < 4.78 is 0. The van der Waals surface area contributed by atoms with Crippen molar-refractivity contribution in [2.24, 2.45) is 11.1 Å². The van der Waals surface area contributed by atoms with E-state index in [-0.39, 0.29) is 11.3 Å². The molecule has 19 heavy (non-hydrogen) atoms. The Morgan fingerprint density at radius 3 is 2.47 bits per heavy atom. The van der Waals surface area contributed by atoms with Gasteiger partial charge in [-0.25, -0.2) is 0 Å². The lowest BCUT2D eigenvalue weighted by Gasteiger charge is -2.41. The fraction of sp³-hybridized carbons (Fsp3) is 0.467. The Morgan fingerprint density at radius 1 is 1.42 bits per heavy atom. The van der Waals surface area contributed by atoms with Crippen LogP contribution in [0.15, 0.2) is 24.3 Å². The maximum Gasteiger partial charge on any atom is 0.227 e. The monoisotopic (exact) mass is 257 g/mol. The van der Waals surface area contributed by atoms with Crippen LogP contribution < -0.4 is 10.6 Å². The minimum Gasteiger partial charge on any atom is -0.330 e. The second kappa shape index (κ2) is 5.41. The average molecular weight is 257 g/mol. The summed E-state index contributed by atoms with van der Waals surface area (Å²) in [6.07, 6.45) is 3.79. The maximum absolute atomic E-state index is 12.3. The van der Waals surface area contributed by atoms with E-state index in [9.17, 15) is 4.79 Å². The zero-order valence-corrected chi connectivity index (χ0v) is 11.2. The first-order valence-electron chi connectivity index (χ1n) is 6.57. The number of anilines is 1. The van der Waals surface area contributed by atoms with E-state index in [1.54, 1.807) is 36.2 Å². The Balaban J connectivity index is 2.04. The molecule has 2 rings (SSSR count).